The standard InChI is InChI=1S/C17H15N3O2S/c1-11-6-5-9-18-15(11)19-17-20-16(22)14(23-17)10-13(21)12-7-3-2-4-8-12/h2-9,14H,10H2,1H3,(H,18,19,20,22). The molecule has 116 valence electrons. The van der Waals surface area contributed by atoms with Crippen molar-refractivity contribution in [1.82, 2.24) is 10.3 Å². The number of benzene rings is 1. The Balaban J connectivity index is 1.71. The maximum absolute atomic E-state index is 12.2. The van der Waals surface area contributed by atoms with Crippen LogP contribution in [0.5, 0.6) is 0 Å². The van der Waals surface area contributed by atoms with Gasteiger partial charge in [0.15, 0.2) is 16.8 Å². The summed E-state index contributed by atoms with van der Waals surface area (Å²) < 4.78 is 0. The van der Waals surface area contributed by atoms with Crippen LogP contribution in [0.15, 0.2) is 53.7 Å². The lowest BCUT2D eigenvalue weighted by atomic mass is 10.1. The minimum Gasteiger partial charge on any atom is -0.304 e. The quantitative estimate of drug-likeness (QED) is 0.878. The number of thioether (sulfide) groups is 1. The number of rotatable bonds is 4. The van der Waals surface area contributed by atoms with E-state index in [1.807, 2.05) is 37.3 Å². The van der Waals surface area contributed by atoms with Gasteiger partial charge < -0.3 is 5.32 Å². The number of carbonyl (C=O) groups is 2. The monoisotopic (exact) mass is 325 g/mol. The van der Waals surface area contributed by atoms with Gasteiger partial charge in [-0.25, -0.2) is 9.98 Å². The SMILES string of the molecule is Cc1cccnc1/N=C1/NC(=O)C(CC(=O)c2ccccc2)S1. The van der Waals surface area contributed by atoms with E-state index in [4.69, 9.17) is 0 Å². The van der Waals surface area contributed by atoms with E-state index in [0.717, 1.165) is 5.56 Å². The van der Waals surface area contributed by atoms with Crippen LogP contribution in [-0.2, 0) is 4.79 Å². The molecule has 1 aliphatic rings. The molecule has 3 rings (SSSR count). The molecule has 1 aliphatic heterocycles. The highest BCUT2D eigenvalue weighted by molar-refractivity contribution is 8.15. The van der Waals surface area contributed by atoms with Gasteiger partial charge in [0, 0.05) is 18.2 Å². The highest BCUT2D eigenvalue weighted by Gasteiger charge is 2.32. The van der Waals surface area contributed by atoms with Gasteiger partial charge in [0.1, 0.15) is 0 Å². The third-order valence-corrected chi connectivity index (χ3v) is 4.51. The minimum atomic E-state index is -0.453. The zero-order chi connectivity index (χ0) is 16.2. The molecule has 1 aromatic heterocycles. The molecule has 6 heteroatoms. The number of ketones is 1. The second-order valence-electron chi connectivity index (χ2n) is 5.15. The Morgan fingerprint density at radius 3 is 2.78 bits per heavy atom. The number of carbonyl (C=O) groups excluding carboxylic acids is 2. The van der Waals surface area contributed by atoms with Gasteiger partial charge in [-0.15, -0.1) is 0 Å². The van der Waals surface area contributed by atoms with E-state index >= 15 is 0 Å². The molecule has 1 unspecified atom stereocenters. The van der Waals surface area contributed by atoms with Crippen molar-refractivity contribution in [2.24, 2.45) is 4.99 Å². The van der Waals surface area contributed by atoms with Gasteiger partial charge in [0.2, 0.25) is 5.91 Å². The largest absolute Gasteiger partial charge is 0.304 e. The van der Waals surface area contributed by atoms with Crippen molar-refractivity contribution >= 4 is 34.4 Å². The number of nitrogens with one attached hydrogen (secondary N) is 1. The molecule has 0 bridgehead atoms. The summed E-state index contributed by atoms with van der Waals surface area (Å²) in [4.78, 5) is 32.8. The van der Waals surface area contributed by atoms with E-state index in [1.165, 1.54) is 11.8 Å². The molecule has 1 atom stereocenters. The van der Waals surface area contributed by atoms with Gasteiger partial charge >= 0.3 is 0 Å². The van der Waals surface area contributed by atoms with Crippen LogP contribution in [0.2, 0.25) is 0 Å². The Morgan fingerprint density at radius 1 is 1.26 bits per heavy atom. The van der Waals surface area contributed by atoms with E-state index in [9.17, 15) is 9.59 Å². The number of aliphatic imine (C=N–C) groups is 1. The topological polar surface area (TPSA) is 71.4 Å². The van der Waals surface area contributed by atoms with E-state index in [2.05, 4.69) is 15.3 Å². The van der Waals surface area contributed by atoms with Crippen molar-refractivity contribution < 1.29 is 9.59 Å². The summed E-state index contributed by atoms with van der Waals surface area (Å²) in [6.07, 6.45) is 1.81. The zero-order valence-corrected chi connectivity index (χ0v) is 13.3. The second kappa shape index (κ2) is 6.75. The summed E-state index contributed by atoms with van der Waals surface area (Å²) in [7, 11) is 0. The fourth-order valence-corrected chi connectivity index (χ4v) is 3.16. The first-order valence-electron chi connectivity index (χ1n) is 7.19. The van der Waals surface area contributed by atoms with Crippen molar-refractivity contribution in [3.8, 4) is 0 Å². The lowest BCUT2D eigenvalue weighted by Crippen LogP contribution is -2.26. The molecular formula is C17H15N3O2S. The molecule has 2 heterocycles. The Labute approximate surface area is 138 Å². The molecule has 0 aliphatic carbocycles. The normalized spacial score (nSPS) is 18.9. The summed E-state index contributed by atoms with van der Waals surface area (Å²) >= 11 is 1.27. The van der Waals surface area contributed by atoms with Crippen LogP contribution in [0.3, 0.4) is 0 Å². The maximum atomic E-state index is 12.2. The summed E-state index contributed by atoms with van der Waals surface area (Å²) in [5.74, 6) is 0.338. The first kappa shape index (κ1) is 15.4. The van der Waals surface area contributed by atoms with E-state index < -0.39 is 5.25 Å². The van der Waals surface area contributed by atoms with Gasteiger partial charge in [0.05, 0.1) is 5.25 Å². The number of amides is 1. The molecule has 23 heavy (non-hydrogen) atoms. The molecule has 5 nitrogen and oxygen atoms in total. The average molecular weight is 325 g/mol. The summed E-state index contributed by atoms with van der Waals surface area (Å²) in [6, 6.07) is 12.7. The van der Waals surface area contributed by atoms with Crippen LogP contribution in [0.4, 0.5) is 5.82 Å². The van der Waals surface area contributed by atoms with Crippen molar-refractivity contribution in [2.45, 2.75) is 18.6 Å². The van der Waals surface area contributed by atoms with Gasteiger partial charge in [-0.1, -0.05) is 48.2 Å². The molecule has 0 saturated carbocycles. The Hall–Kier alpha value is -2.47. The number of hydrogen-bond acceptors (Lipinski definition) is 5. The molecule has 1 amide bonds. The predicted octanol–water partition coefficient (Wildman–Crippen LogP) is 2.88. The van der Waals surface area contributed by atoms with Gasteiger partial charge in [0.25, 0.3) is 0 Å². The number of hydrogen-bond donors (Lipinski definition) is 1. The van der Waals surface area contributed by atoms with E-state index in [1.54, 1.807) is 18.3 Å². The van der Waals surface area contributed by atoms with Crippen molar-refractivity contribution in [1.29, 1.82) is 0 Å². The third-order valence-electron chi connectivity index (χ3n) is 3.43. The zero-order valence-electron chi connectivity index (χ0n) is 12.5. The number of aromatic nitrogens is 1. The molecule has 1 saturated heterocycles. The van der Waals surface area contributed by atoms with Crippen LogP contribution in [0.25, 0.3) is 0 Å². The lowest BCUT2D eigenvalue weighted by Gasteiger charge is -2.04. The van der Waals surface area contributed by atoms with Crippen molar-refractivity contribution in [3.05, 3.63) is 59.8 Å². The molecular weight excluding hydrogens is 310 g/mol. The van der Waals surface area contributed by atoms with Crippen LogP contribution >= 0.6 is 11.8 Å². The maximum Gasteiger partial charge on any atom is 0.240 e. The fraction of sp³-hybridized carbons (Fsp3) is 0.176. The average Bonchev–Trinajstić information content (AvgIpc) is 2.90. The fourth-order valence-electron chi connectivity index (χ4n) is 2.19. The minimum absolute atomic E-state index is 0.0477. The number of Topliss-reactive ketones (excluding diaryl/α,β-unsaturated/α-hetero) is 1. The van der Waals surface area contributed by atoms with E-state index in [-0.39, 0.29) is 18.1 Å². The highest BCUT2D eigenvalue weighted by Crippen LogP contribution is 2.26. The van der Waals surface area contributed by atoms with Crippen LogP contribution in [-0.4, -0.2) is 27.1 Å². The van der Waals surface area contributed by atoms with Crippen molar-refractivity contribution in [3.63, 3.8) is 0 Å². The molecule has 1 fully saturated rings. The van der Waals surface area contributed by atoms with Crippen LogP contribution < -0.4 is 5.32 Å². The smallest absolute Gasteiger partial charge is 0.240 e. The summed E-state index contributed by atoms with van der Waals surface area (Å²) in [5, 5.41) is 2.75. The first-order valence-corrected chi connectivity index (χ1v) is 8.07. The molecule has 1 N–H and O–H groups in total. The van der Waals surface area contributed by atoms with Gasteiger partial charge in [-0.2, -0.15) is 0 Å². The number of amidine groups is 1. The Bertz CT molecular complexity index is 774. The number of aryl methyl sites for hydroxylation is 1. The van der Waals surface area contributed by atoms with Crippen molar-refractivity contribution in [2.75, 3.05) is 0 Å². The summed E-state index contributed by atoms with van der Waals surface area (Å²) in [5.41, 5.74) is 1.55. The lowest BCUT2D eigenvalue weighted by molar-refractivity contribution is -0.118. The number of pyridine rings is 1. The Kier molecular flexibility index (Phi) is 4.52. The second-order valence-corrected chi connectivity index (χ2v) is 6.34. The molecule has 2 aromatic rings. The third kappa shape index (κ3) is 3.65. The molecule has 0 radical (unpaired) electrons. The van der Waals surface area contributed by atoms with E-state index in [0.29, 0.717) is 16.5 Å². The van der Waals surface area contributed by atoms with Crippen LogP contribution in [0, 0.1) is 6.92 Å². The highest BCUT2D eigenvalue weighted by atomic mass is 32.2. The molecule has 0 spiro atoms. The first-order chi connectivity index (χ1) is 11.1. The Morgan fingerprint density at radius 2 is 2.04 bits per heavy atom. The van der Waals surface area contributed by atoms with Gasteiger partial charge in [-0.3, -0.25) is 9.59 Å². The summed E-state index contributed by atoms with van der Waals surface area (Å²) in [6.45, 7) is 1.91. The number of nitrogens with zero attached hydrogens (tertiary/aromatic N) is 2. The van der Waals surface area contributed by atoms with Crippen LogP contribution in [0.1, 0.15) is 22.3 Å². The predicted molar refractivity (Wildman–Crippen MR) is 91.0 cm³/mol. The molecule has 1 aromatic carbocycles. The van der Waals surface area contributed by atoms with Gasteiger partial charge in [-0.05, 0) is 18.6 Å².